The minimum Gasteiger partial charge on any atom is -0.383 e. The highest BCUT2D eigenvalue weighted by Gasteiger charge is 2.22. The first-order valence-corrected chi connectivity index (χ1v) is 5.69. The van der Waals surface area contributed by atoms with E-state index < -0.39 is 0 Å². The summed E-state index contributed by atoms with van der Waals surface area (Å²) in [6, 6.07) is 1.83. The summed E-state index contributed by atoms with van der Waals surface area (Å²) in [6.07, 6.45) is 1.67. The van der Waals surface area contributed by atoms with Crippen LogP contribution in [0.5, 0.6) is 0 Å². The van der Waals surface area contributed by atoms with Crippen LogP contribution in [0.15, 0.2) is 16.7 Å². The van der Waals surface area contributed by atoms with Crippen LogP contribution in [0.3, 0.4) is 0 Å². The van der Waals surface area contributed by atoms with Crippen molar-refractivity contribution in [2.75, 3.05) is 25.6 Å². The maximum atomic E-state index is 11.7. The average molecular weight is 286 g/mol. The molecule has 0 saturated heterocycles. The molecule has 0 unspecified atom stereocenters. The molecular weight excluding hydrogens is 274 g/mol. The Morgan fingerprint density at radius 3 is 3.25 bits per heavy atom. The van der Waals surface area contributed by atoms with Crippen LogP contribution in [0.25, 0.3) is 0 Å². The van der Waals surface area contributed by atoms with E-state index in [0.29, 0.717) is 25.5 Å². The van der Waals surface area contributed by atoms with Crippen molar-refractivity contribution in [3.63, 3.8) is 0 Å². The number of hydrogen-bond acceptors (Lipinski definition) is 3. The van der Waals surface area contributed by atoms with Gasteiger partial charge in [0.2, 0.25) is 0 Å². The number of rotatable bonds is 3. The molecule has 86 valence electrons. The van der Waals surface area contributed by atoms with Crippen molar-refractivity contribution < 1.29 is 9.53 Å². The normalized spacial score (nSPS) is 14.6. The summed E-state index contributed by atoms with van der Waals surface area (Å²) in [5.41, 5.74) is 1.00. The SMILES string of the molecule is COCCN1Cc2cc(Br)cnc2NC1=O. The Morgan fingerprint density at radius 2 is 2.50 bits per heavy atom. The van der Waals surface area contributed by atoms with Crippen molar-refractivity contribution >= 4 is 27.8 Å². The zero-order chi connectivity index (χ0) is 11.5. The Morgan fingerprint density at radius 1 is 1.69 bits per heavy atom. The van der Waals surface area contributed by atoms with Crippen molar-refractivity contribution in [3.05, 3.63) is 22.3 Å². The number of carbonyl (C=O) groups excluding carboxylic acids is 1. The second-order valence-electron chi connectivity index (χ2n) is 3.51. The summed E-state index contributed by atoms with van der Waals surface area (Å²) in [5, 5.41) is 2.75. The number of aromatic nitrogens is 1. The number of ether oxygens (including phenoxy) is 1. The van der Waals surface area contributed by atoms with Gasteiger partial charge in [0.1, 0.15) is 5.82 Å². The fourth-order valence-electron chi connectivity index (χ4n) is 1.55. The Balaban J connectivity index is 2.16. The molecule has 0 fully saturated rings. The van der Waals surface area contributed by atoms with Crippen LogP contribution in [-0.2, 0) is 11.3 Å². The summed E-state index contributed by atoms with van der Waals surface area (Å²) in [5.74, 6) is 0.641. The van der Waals surface area contributed by atoms with Gasteiger partial charge in [-0.1, -0.05) is 0 Å². The zero-order valence-corrected chi connectivity index (χ0v) is 10.5. The number of halogens is 1. The standard InChI is InChI=1S/C10H12BrN3O2/c1-16-3-2-14-6-7-4-8(11)5-12-9(7)13-10(14)15/h4-5H,2-3,6H2,1H3,(H,12,13,15). The average Bonchev–Trinajstić information content (AvgIpc) is 2.27. The predicted molar refractivity (Wildman–Crippen MR) is 63.2 cm³/mol. The van der Waals surface area contributed by atoms with Gasteiger partial charge < -0.3 is 9.64 Å². The Kier molecular flexibility index (Phi) is 3.40. The van der Waals surface area contributed by atoms with Crippen molar-refractivity contribution in [1.82, 2.24) is 9.88 Å². The zero-order valence-electron chi connectivity index (χ0n) is 8.86. The second-order valence-corrected chi connectivity index (χ2v) is 4.42. The van der Waals surface area contributed by atoms with Gasteiger partial charge in [-0.05, 0) is 22.0 Å². The van der Waals surface area contributed by atoms with Gasteiger partial charge in [-0.2, -0.15) is 0 Å². The summed E-state index contributed by atoms with van der Waals surface area (Å²) in [4.78, 5) is 17.5. The first-order chi connectivity index (χ1) is 7.70. The molecule has 0 saturated carbocycles. The number of nitrogens with one attached hydrogen (secondary N) is 1. The topological polar surface area (TPSA) is 54.5 Å². The molecule has 0 radical (unpaired) electrons. The molecule has 0 atom stereocenters. The van der Waals surface area contributed by atoms with Crippen LogP contribution in [-0.4, -0.2) is 36.2 Å². The van der Waals surface area contributed by atoms with Gasteiger partial charge in [-0.3, -0.25) is 5.32 Å². The fraction of sp³-hybridized carbons (Fsp3) is 0.400. The van der Waals surface area contributed by atoms with Crippen LogP contribution in [0.4, 0.5) is 10.6 Å². The van der Waals surface area contributed by atoms with Gasteiger partial charge in [0.25, 0.3) is 0 Å². The predicted octanol–water partition coefficient (Wildman–Crippen LogP) is 1.84. The maximum Gasteiger partial charge on any atom is 0.323 e. The van der Waals surface area contributed by atoms with E-state index in [-0.39, 0.29) is 6.03 Å². The van der Waals surface area contributed by atoms with Crippen molar-refractivity contribution in [2.24, 2.45) is 0 Å². The largest absolute Gasteiger partial charge is 0.383 e. The molecule has 1 aliphatic rings. The number of hydrogen-bond donors (Lipinski definition) is 1. The number of urea groups is 1. The van der Waals surface area contributed by atoms with Crippen LogP contribution >= 0.6 is 15.9 Å². The molecule has 2 amide bonds. The monoisotopic (exact) mass is 285 g/mol. The van der Waals surface area contributed by atoms with E-state index in [9.17, 15) is 4.79 Å². The lowest BCUT2D eigenvalue weighted by Crippen LogP contribution is -2.40. The molecule has 6 heteroatoms. The smallest absolute Gasteiger partial charge is 0.323 e. The molecular formula is C10H12BrN3O2. The number of amides is 2. The van der Waals surface area contributed by atoms with Crippen molar-refractivity contribution in [1.29, 1.82) is 0 Å². The van der Waals surface area contributed by atoms with E-state index in [0.717, 1.165) is 10.0 Å². The summed E-state index contributed by atoms with van der Waals surface area (Å²) < 4.78 is 5.87. The van der Waals surface area contributed by atoms with E-state index in [4.69, 9.17) is 4.74 Å². The number of pyridine rings is 1. The van der Waals surface area contributed by atoms with Gasteiger partial charge in [0, 0.05) is 29.9 Å². The first-order valence-electron chi connectivity index (χ1n) is 4.90. The Bertz CT molecular complexity index is 411. The third kappa shape index (κ3) is 2.33. The minimum atomic E-state index is -0.126. The van der Waals surface area contributed by atoms with Crippen LogP contribution < -0.4 is 5.32 Å². The number of methoxy groups -OCH3 is 1. The molecule has 1 aromatic heterocycles. The number of anilines is 1. The van der Waals surface area contributed by atoms with Crippen LogP contribution in [0.1, 0.15) is 5.56 Å². The van der Waals surface area contributed by atoms with Crippen molar-refractivity contribution in [2.45, 2.75) is 6.54 Å². The van der Waals surface area contributed by atoms with Gasteiger partial charge in [0.15, 0.2) is 0 Å². The van der Waals surface area contributed by atoms with E-state index in [1.807, 2.05) is 6.07 Å². The van der Waals surface area contributed by atoms with E-state index in [2.05, 4.69) is 26.2 Å². The molecule has 5 nitrogen and oxygen atoms in total. The van der Waals surface area contributed by atoms with E-state index in [1.54, 1.807) is 18.2 Å². The Hall–Kier alpha value is -1.14. The highest BCUT2D eigenvalue weighted by molar-refractivity contribution is 9.10. The van der Waals surface area contributed by atoms with Crippen LogP contribution in [0.2, 0.25) is 0 Å². The Labute approximate surface area is 102 Å². The molecule has 1 N–H and O–H groups in total. The molecule has 2 heterocycles. The second kappa shape index (κ2) is 4.80. The van der Waals surface area contributed by atoms with Gasteiger partial charge in [0.05, 0.1) is 13.2 Å². The third-order valence-corrected chi connectivity index (χ3v) is 2.81. The lowest BCUT2D eigenvalue weighted by molar-refractivity contribution is 0.151. The van der Waals surface area contributed by atoms with Gasteiger partial charge in [-0.15, -0.1) is 0 Å². The van der Waals surface area contributed by atoms with Crippen molar-refractivity contribution in [3.8, 4) is 0 Å². The minimum absolute atomic E-state index is 0.126. The lowest BCUT2D eigenvalue weighted by Gasteiger charge is -2.28. The van der Waals surface area contributed by atoms with Crippen LogP contribution in [0, 0.1) is 0 Å². The summed E-state index contributed by atoms with van der Waals surface area (Å²) in [7, 11) is 1.62. The van der Waals surface area contributed by atoms with Gasteiger partial charge in [-0.25, -0.2) is 9.78 Å². The van der Waals surface area contributed by atoms with Gasteiger partial charge >= 0.3 is 6.03 Å². The molecule has 0 aliphatic carbocycles. The number of fused-ring (bicyclic) bond motifs is 1. The molecule has 2 rings (SSSR count). The van der Waals surface area contributed by atoms with E-state index >= 15 is 0 Å². The third-order valence-electron chi connectivity index (χ3n) is 2.37. The number of nitrogens with zero attached hydrogens (tertiary/aromatic N) is 2. The molecule has 0 aromatic carbocycles. The molecule has 0 spiro atoms. The summed E-state index contributed by atoms with van der Waals surface area (Å²) in [6.45, 7) is 1.68. The quantitative estimate of drug-likeness (QED) is 0.922. The lowest BCUT2D eigenvalue weighted by atomic mass is 10.2. The number of carbonyl (C=O) groups is 1. The first kappa shape index (κ1) is 11.3. The molecule has 1 aromatic rings. The highest BCUT2D eigenvalue weighted by atomic mass is 79.9. The molecule has 0 bridgehead atoms. The highest BCUT2D eigenvalue weighted by Crippen LogP contribution is 2.23. The molecule has 1 aliphatic heterocycles. The molecule has 16 heavy (non-hydrogen) atoms. The fourth-order valence-corrected chi connectivity index (χ4v) is 1.93. The summed E-state index contributed by atoms with van der Waals surface area (Å²) >= 11 is 3.36. The van der Waals surface area contributed by atoms with E-state index in [1.165, 1.54) is 0 Å². The maximum absolute atomic E-state index is 11.7.